The highest BCUT2D eigenvalue weighted by molar-refractivity contribution is 5.49. The predicted octanol–water partition coefficient (Wildman–Crippen LogP) is 2.99. The van der Waals surface area contributed by atoms with Gasteiger partial charge in [-0.2, -0.15) is 10.2 Å². The second-order valence-electron chi connectivity index (χ2n) is 5.70. The number of hydrogen-bond acceptors (Lipinski definition) is 5. The number of rotatable bonds is 3. The largest absolute Gasteiger partial charge is 0.370 e. The molecule has 1 fully saturated rings. The number of nitriles is 1. The number of H-pyrrole nitrogens is 1. The summed E-state index contributed by atoms with van der Waals surface area (Å²) in [5.74, 6) is 1.70. The summed E-state index contributed by atoms with van der Waals surface area (Å²) >= 11 is 0. The molecular weight excluding hydrogens is 268 g/mol. The maximum atomic E-state index is 8.84. The van der Waals surface area contributed by atoms with E-state index in [4.69, 9.17) is 14.5 Å². The molecule has 1 saturated carbocycles. The Morgan fingerprint density at radius 2 is 2.19 bits per heavy atom. The van der Waals surface area contributed by atoms with Crippen LogP contribution in [0.15, 0.2) is 16.7 Å². The summed E-state index contributed by atoms with van der Waals surface area (Å²) in [7, 11) is 1.70. The molecule has 0 saturated heterocycles. The van der Waals surface area contributed by atoms with Gasteiger partial charge >= 0.3 is 0 Å². The molecule has 1 aliphatic rings. The van der Waals surface area contributed by atoms with Gasteiger partial charge in [0.05, 0.1) is 0 Å². The van der Waals surface area contributed by atoms with E-state index in [0.717, 1.165) is 25.7 Å². The smallest absolute Gasteiger partial charge is 0.274 e. The normalized spacial score (nSPS) is 25.7. The molecule has 6 heteroatoms. The van der Waals surface area contributed by atoms with Crippen molar-refractivity contribution in [1.82, 2.24) is 15.1 Å². The maximum Gasteiger partial charge on any atom is 0.274 e. The molecule has 0 radical (unpaired) electrons. The average molecular weight is 286 g/mol. The van der Waals surface area contributed by atoms with Crippen molar-refractivity contribution in [3.63, 3.8) is 0 Å². The summed E-state index contributed by atoms with van der Waals surface area (Å²) in [6.45, 7) is 2.25. The Balaban J connectivity index is 1.88. The van der Waals surface area contributed by atoms with Crippen LogP contribution in [0.25, 0.3) is 11.6 Å². The molecule has 0 spiro atoms. The van der Waals surface area contributed by atoms with E-state index >= 15 is 0 Å². The zero-order valence-corrected chi connectivity index (χ0v) is 12.2. The first kappa shape index (κ1) is 13.8. The molecular formula is C15H18N4O2. The zero-order chi connectivity index (χ0) is 14.9. The van der Waals surface area contributed by atoms with Crippen LogP contribution < -0.4 is 0 Å². The fourth-order valence-corrected chi connectivity index (χ4v) is 2.85. The first-order chi connectivity index (χ1) is 10.2. The highest BCUT2D eigenvalue weighted by Gasteiger charge is 2.40. The number of aromatic amines is 1. The third-order valence-electron chi connectivity index (χ3n) is 4.34. The fraction of sp³-hybridized carbons (Fsp3) is 0.533. The molecule has 110 valence electrons. The van der Waals surface area contributed by atoms with Crippen molar-refractivity contribution in [2.24, 2.45) is 5.92 Å². The Labute approximate surface area is 123 Å². The van der Waals surface area contributed by atoms with E-state index < -0.39 is 5.60 Å². The predicted molar refractivity (Wildman–Crippen MR) is 75.1 cm³/mol. The number of hydrogen-bond donors (Lipinski definition) is 1. The SMILES string of the molecule is COC1(c2noc(-c3ccc(C#N)[nH]3)n2)CCC(C)CC1. The van der Waals surface area contributed by atoms with Crippen molar-refractivity contribution in [3.05, 3.63) is 23.7 Å². The van der Waals surface area contributed by atoms with E-state index in [1.165, 1.54) is 0 Å². The summed E-state index contributed by atoms with van der Waals surface area (Å²) in [6.07, 6.45) is 3.99. The molecule has 2 heterocycles. The first-order valence-electron chi connectivity index (χ1n) is 7.16. The van der Waals surface area contributed by atoms with E-state index in [0.29, 0.717) is 29.0 Å². The maximum absolute atomic E-state index is 8.84. The van der Waals surface area contributed by atoms with E-state index in [2.05, 4.69) is 22.0 Å². The van der Waals surface area contributed by atoms with Gasteiger partial charge in [-0.05, 0) is 43.7 Å². The van der Waals surface area contributed by atoms with Gasteiger partial charge in [-0.3, -0.25) is 0 Å². The van der Waals surface area contributed by atoms with Crippen LogP contribution in [-0.2, 0) is 10.3 Å². The van der Waals surface area contributed by atoms with Crippen molar-refractivity contribution in [1.29, 1.82) is 5.26 Å². The Bertz CT molecular complexity index is 659. The lowest BCUT2D eigenvalue weighted by molar-refractivity contribution is -0.0609. The molecule has 0 bridgehead atoms. The standard InChI is InChI=1S/C15H18N4O2/c1-10-5-7-15(20-2,8-6-10)14-18-13(21-19-14)12-4-3-11(9-16)17-12/h3-4,10,17H,5-8H2,1-2H3. The lowest BCUT2D eigenvalue weighted by Crippen LogP contribution is -2.34. The summed E-state index contributed by atoms with van der Waals surface area (Å²) < 4.78 is 11.1. The quantitative estimate of drug-likeness (QED) is 0.937. The van der Waals surface area contributed by atoms with Crippen molar-refractivity contribution >= 4 is 0 Å². The van der Waals surface area contributed by atoms with Crippen LogP contribution in [-0.4, -0.2) is 22.2 Å². The van der Waals surface area contributed by atoms with Gasteiger partial charge in [0.15, 0.2) is 0 Å². The Hall–Kier alpha value is -2.13. The molecule has 3 rings (SSSR count). The summed E-state index contributed by atoms with van der Waals surface area (Å²) in [6, 6.07) is 5.49. The monoisotopic (exact) mass is 286 g/mol. The first-order valence-corrected chi connectivity index (χ1v) is 7.16. The molecule has 1 N–H and O–H groups in total. The van der Waals surface area contributed by atoms with Gasteiger partial charge < -0.3 is 14.2 Å². The molecule has 0 aromatic carbocycles. The minimum atomic E-state index is -0.446. The zero-order valence-electron chi connectivity index (χ0n) is 12.2. The lowest BCUT2D eigenvalue weighted by Gasteiger charge is -2.35. The van der Waals surface area contributed by atoms with E-state index in [9.17, 15) is 0 Å². The van der Waals surface area contributed by atoms with Gasteiger partial charge in [-0.25, -0.2) is 0 Å². The second-order valence-corrected chi connectivity index (χ2v) is 5.70. The van der Waals surface area contributed by atoms with E-state index in [1.54, 1.807) is 19.2 Å². The number of methoxy groups -OCH3 is 1. The average Bonchev–Trinajstić information content (AvgIpc) is 3.17. The second kappa shape index (κ2) is 5.34. The van der Waals surface area contributed by atoms with Crippen molar-refractivity contribution in [3.8, 4) is 17.7 Å². The molecule has 1 aliphatic carbocycles. The number of ether oxygens (including phenoxy) is 1. The van der Waals surface area contributed by atoms with Gasteiger partial charge in [-0.1, -0.05) is 12.1 Å². The minimum absolute atomic E-state index is 0.390. The summed E-state index contributed by atoms with van der Waals surface area (Å²) in [4.78, 5) is 7.41. The van der Waals surface area contributed by atoms with Gasteiger partial charge in [-0.15, -0.1) is 0 Å². The van der Waals surface area contributed by atoms with Crippen LogP contribution in [0.3, 0.4) is 0 Å². The van der Waals surface area contributed by atoms with Crippen LogP contribution >= 0.6 is 0 Å². The third-order valence-corrected chi connectivity index (χ3v) is 4.34. The number of aromatic nitrogens is 3. The van der Waals surface area contributed by atoms with Crippen LogP contribution in [0, 0.1) is 17.2 Å². The van der Waals surface area contributed by atoms with Crippen LogP contribution in [0.2, 0.25) is 0 Å². The van der Waals surface area contributed by atoms with Crippen molar-refractivity contribution in [2.45, 2.75) is 38.2 Å². The number of nitrogens with zero attached hydrogens (tertiary/aromatic N) is 3. The molecule has 0 aliphatic heterocycles. The topological polar surface area (TPSA) is 87.7 Å². The molecule has 6 nitrogen and oxygen atoms in total. The van der Waals surface area contributed by atoms with Crippen LogP contribution in [0.4, 0.5) is 0 Å². The van der Waals surface area contributed by atoms with Gasteiger partial charge in [0.1, 0.15) is 23.1 Å². The summed E-state index contributed by atoms with van der Waals surface area (Å²) in [5, 5.41) is 12.9. The minimum Gasteiger partial charge on any atom is -0.370 e. The van der Waals surface area contributed by atoms with Gasteiger partial charge in [0, 0.05) is 7.11 Å². The Morgan fingerprint density at radius 1 is 1.43 bits per heavy atom. The summed E-state index contributed by atoms with van der Waals surface area (Å²) in [5.41, 5.74) is 0.678. The molecule has 0 amide bonds. The highest BCUT2D eigenvalue weighted by Crippen LogP contribution is 2.41. The molecule has 2 aromatic rings. The molecule has 0 unspecified atom stereocenters. The van der Waals surface area contributed by atoms with Gasteiger partial charge in [0.2, 0.25) is 5.82 Å². The Kier molecular flexibility index (Phi) is 3.52. The molecule has 0 atom stereocenters. The fourth-order valence-electron chi connectivity index (χ4n) is 2.85. The highest BCUT2D eigenvalue weighted by atomic mass is 16.5. The lowest BCUT2D eigenvalue weighted by atomic mass is 9.79. The third kappa shape index (κ3) is 2.45. The van der Waals surface area contributed by atoms with Crippen LogP contribution in [0.1, 0.15) is 44.1 Å². The molecule has 2 aromatic heterocycles. The Morgan fingerprint density at radius 3 is 2.81 bits per heavy atom. The van der Waals surface area contributed by atoms with Crippen LogP contribution in [0.5, 0.6) is 0 Å². The number of nitrogens with one attached hydrogen (secondary N) is 1. The van der Waals surface area contributed by atoms with Crippen molar-refractivity contribution < 1.29 is 9.26 Å². The van der Waals surface area contributed by atoms with Crippen molar-refractivity contribution in [2.75, 3.05) is 7.11 Å². The van der Waals surface area contributed by atoms with Gasteiger partial charge in [0.25, 0.3) is 5.89 Å². The van der Waals surface area contributed by atoms with E-state index in [1.807, 2.05) is 6.07 Å². The van der Waals surface area contributed by atoms with E-state index in [-0.39, 0.29) is 0 Å². The molecule has 21 heavy (non-hydrogen) atoms.